The molecule has 1 aromatic carbocycles. The average molecular weight is 369 g/mol. The van der Waals surface area contributed by atoms with Crippen molar-refractivity contribution in [2.24, 2.45) is 5.92 Å². The van der Waals surface area contributed by atoms with Crippen LogP contribution in [0.5, 0.6) is 11.5 Å². The molecule has 3 aliphatic rings. The molecular formula is C15H20Cl2F2N2O2. The molecule has 4 nitrogen and oxygen atoms in total. The third-order valence-corrected chi connectivity index (χ3v) is 4.38. The van der Waals surface area contributed by atoms with Crippen molar-refractivity contribution in [2.45, 2.75) is 25.2 Å². The summed E-state index contributed by atoms with van der Waals surface area (Å²) in [7, 11) is 0. The largest absolute Gasteiger partial charge is 0.586 e. The van der Waals surface area contributed by atoms with Gasteiger partial charge in [-0.25, -0.2) is 0 Å². The van der Waals surface area contributed by atoms with Gasteiger partial charge in [0.05, 0.1) is 0 Å². The van der Waals surface area contributed by atoms with E-state index in [2.05, 4.69) is 19.7 Å². The smallest absolute Gasteiger partial charge is 0.395 e. The Labute approximate surface area is 146 Å². The molecule has 2 aliphatic heterocycles. The van der Waals surface area contributed by atoms with Gasteiger partial charge in [-0.15, -0.1) is 33.6 Å². The fraction of sp³-hybridized carbons (Fsp3) is 0.600. The maximum absolute atomic E-state index is 13.1. The number of benzene rings is 1. The number of piperazine rings is 1. The average Bonchev–Trinajstić information content (AvgIpc) is 3.22. The Morgan fingerprint density at radius 2 is 1.74 bits per heavy atom. The van der Waals surface area contributed by atoms with Crippen LogP contribution in [0, 0.1) is 5.92 Å². The van der Waals surface area contributed by atoms with Crippen molar-refractivity contribution in [3.63, 3.8) is 0 Å². The first-order chi connectivity index (χ1) is 10.1. The van der Waals surface area contributed by atoms with E-state index in [9.17, 15) is 8.78 Å². The molecule has 130 valence electrons. The van der Waals surface area contributed by atoms with Crippen LogP contribution in [-0.4, -0.2) is 37.4 Å². The summed E-state index contributed by atoms with van der Waals surface area (Å²) in [5, 5.41) is 3.35. The zero-order chi connectivity index (χ0) is 14.4. The Bertz CT molecular complexity index is 552. The summed E-state index contributed by atoms with van der Waals surface area (Å²) >= 11 is 0. The monoisotopic (exact) mass is 368 g/mol. The van der Waals surface area contributed by atoms with Gasteiger partial charge >= 0.3 is 6.29 Å². The van der Waals surface area contributed by atoms with Gasteiger partial charge in [0, 0.05) is 32.2 Å². The van der Waals surface area contributed by atoms with Crippen molar-refractivity contribution in [3.8, 4) is 11.5 Å². The van der Waals surface area contributed by atoms with Gasteiger partial charge in [-0.3, -0.25) is 4.90 Å². The van der Waals surface area contributed by atoms with Crippen molar-refractivity contribution in [2.75, 3.05) is 26.2 Å². The number of hydrogen-bond donors (Lipinski definition) is 1. The van der Waals surface area contributed by atoms with Crippen molar-refractivity contribution in [3.05, 3.63) is 23.8 Å². The lowest BCUT2D eigenvalue weighted by Crippen LogP contribution is -2.45. The van der Waals surface area contributed by atoms with Crippen molar-refractivity contribution in [1.29, 1.82) is 0 Å². The third-order valence-electron chi connectivity index (χ3n) is 4.38. The van der Waals surface area contributed by atoms with Crippen molar-refractivity contribution < 1.29 is 18.3 Å². The van der Waals surface area contributed by atoms with Crippen LogP contribution in [0.1, 0.15) is 24.4 Å². The molecule has 23 heavy (non-hydrogen) atoms. The van der Waals surface area contributed by atoms with Gasteiger partial charge in [-0.05, 0) is 36.5 Å². The number of nitrogens with zero attached hydrogens (tertiary/aromatic N) is 1. The Hall–Kier alpha value is -0.820. The van der Waals surface area contributed by atoms with Gasteiger partial charge in [-0.2, -0.15) is 0 Å². The van der Waals surface area contributed by atoms with Crippen LogP contribution in [0.3, 0.4) is 0 Å². The van der Waals surface area contributed by atoms with Crippen LogP contribution in [0.4, 0.5) is 8.78 Å². The Morgan fingerprint density at radius 1 is 1.09 bits per heavy atom. The van der Waals surface area contributed by atoms with E-state index in [4.69, 9.17) is 0 Å². The van der Waals surface area contributed by atoms with Crippen molar-refractivity contribution >= 4 is 24.8 Å². The standard InChI is InChI=1S/C15H18F2N2O2.2ClH/c16-15(17)20-12-4-3-11(9-13(12)21-15)14(10-1-2-10)19-7-5-18-6-8-19;;/h3-4,9-10,14,18H,1-2,5-8H2;2*1H/t14-;;/m0../s1. The molecule has 4 rings (SSSR count). The number of fused-ring (bicyclic) bond motifs is 1. The molecule has 1 aliphatic carbocycles. The molecule has 8 heteroatoms. The first-order valence-corrected chi connectivity index (χ1v) is 7.47. The lowest BCUT2D eigenvalue weighted by atomic mass is 9.99. The van der Waals surface area contributed by atoms with E-state index in [1.165, 1.54) is 12.8 Å². The summed E-state index contributed by atoms with van der Waals surface area (Å²) in [6.07, 6.45) is -1.12. The molecule has 0 bridgehead atoms. The second-order valence-corrected chi connectivity index (χ2v) is 5.94. The SMILES string of the molecule is Cl.Cl.FC1(F)Oc2ccc([C@H](C3CC3)N3CCNCC3)cc2O1. The van der Waals surface area contributed by atoms with Gasteiger partial charge in [0.15, 0.2) is 11.5 Å². The maximum atomic E-state index is 13.1. The molecule has 0 aromatic heterocycles. The number of alkyl halides is 2. The second kappa shape index (κ2) is 6.97. The molecular weight excluding hydrogens is 349 g/mol. The van der Waals surface area contributed by atoms with Crippen LogP contribution in [0.15, 0.2) is 18.2 Å². The van der Waals surface area contributed by atoms with E-state index in [1.54, 1.807) is 12.1 Å². The summed E-state index contributed by atoms with van der Waals surface area (Å²) < 4.78 is 35.3. The molecule has 1 saturated carbocycles. The quantitative estimate of drug-likeness (QED) is 0.887. The number of hydrogen-bond acceptors (Lipinski definition) is 4. The zero-order valence-electron chi connectivity index (χ0n) is 12.5. The Balaban J connectivity index is 0.000000960. The molecule has 1 saturated heterocycles. The number of halogens is 4. The van der Waals surface area contributed by atoms with Gasteiger partial charge in [0.1, 0.15) is 0 Å². The van der Waals surface area contributed by atoms with E-state index < -0.39 is 6.29 Å². The minimum atomic E-state index is -3.54. The van der Waals surface area contributed by atoms with Gasteiger partial charge < -0.3 is 14.8 Å². The van der Waals surface area contributed by atoms with E-state index >= 15 is 0 Å². The molecule has 1 atom stereocenters. The third kappa shape index (κ3) is 3.82. The summed E-state index contributed by atoms with van der Waals surface area (Å²) in [4.78, 5) is 2.45. The van der Waals surface area contributed by atoms with Crippen LogP contribution in [-0.2, 0) is 0 Å². The lowest BCUT2D eigenvalue weighted by Gasteiger charge is -2.35. The zero-order valence-corrected chi connectivity index (χ0v) is 14.1. The van der Waals surface area contributed by atoms with Crippen molar-refractivity contribution in [1.82, 2.24) is 10.2 Å². The summed E-state index contributed by atoms with van der Waals surface area (Å²) in [5.74, 6) is 0.904. The highest BCUT2D eigenvalue weighted by Crippen LogP contribution is 2.48. The summed E-state index contributed by atoms with van der Waals surface area (Å²) in [6.45, 7) is 3.94. The number of nitrogens with one attached hydrogen (secondary N) is 1. The van der Waals surface area contributed by atoms with Crippen LogP contribution < -0.4 is 14.8 Å². The van der Waals surface area contributed by atoms with Gasteiger partial charge in [-0.1, -0.05) is 6.07 Å². The maximum Gasteiger partial charge on any atom is 0.586 e. The molecule has 0 radical (unpaired) electrons. The minimum Gasteiger partial charge on any atom is -0.395 e. The first-order valence-electron chi connectivity index (χ1n) is 7.47. The highest BCUT2D eigenvalue weighted by molar-refractivity contribution is 5.85. The Morgan fingerprint density at radius 3 is 2.39 bits per heavy atom. The molecule has 2 heterocycles. The van der Waals surface area contributed by atoms with E-state index in [0.29, 0.717) is 12.0 Å². The number of ether oxygens (including phenoxy) is 2. The van der Waals surface area contributed by atoms with Crippen LogP contribution in [0.2, 0.25) is 0 Å². The van der Waals surface area contributed by atoms with E-state index in [0.717, 1.165) is 31.7 Å². The Kier molecular flexibility index (Phi) is 5.61. The molecule has 1 aromatic rings. The van der Waals surface area contributed by atoms with Crippen LogP contribution >= 0.6 is 24.8 Å². The summed E-state index contributed by atoms with van der Waals surface area (Å²) in [6, 6.07) is 5.52. The highest BCUT2D eigenvalue weighted by atomic mass is 35.5. The highest BCUT2D eigenvalue weighted by Gasteiger charge is 2.44. The van der Waals surface area contributed by atoms with E-state index in [1.807, 2.05) is 6.07 Å². The second-order valence-electron chi connectivity index (χ2n) is 5.94. The predicted octanol–water partition coefficient (Wildman–Crippen LogP) is 3.21. The molecule has 2 fully saturated rings. The van der Waals surface area contributed by atoms with Gasteiger partial charge in [0.2, 0.25) is 0 Å². The first kappa shape index (κ1) is 18.5. The van der Waals surface area contributed by atoms with Gasteiger partial charge in [0.25, 0.3) is 0 Å². The fourth-order valence-corrected chi connectivity index (χ4v) is 3.30. The van der Waals surface area contributed by atoms with E-state index in [-0.39, 0.29) is 36.3 Å². The summed E-state index contributed by atoms with van der Waals surface area (Å²) in [5.41, 5.74) is 1.06. The lowest BCUT2D eigenvalue weighted by molar-refractivity contribution is -0.286. The molecule has 0 unspecified atom stereocenters. The number of rotatable bonds is 3. The van der Waals surface area contributed by atoms with Crippen LogP contribution in [0.25, 0.3) is 0 Å². The normalized spacial score (nSPS) is 23.6. The topological polar surface area (TPSA) is 33.7 Å². The predicted molar refractivity (Wildman–Crippen MR) is 87.0 cm³/mol. The fourth-order valence-electron chi connectivity index (χ4n) is 3.30. The molecule has 1 N–H and O–H groups in total. The minimum absolute atomic E-state index is 0. The molecule has 0 amide bonds. The molecule has 0 spiro atoms.